The fraction of sp³-hybridized carbons (Fsp3) is 0.583. The lowest BCUT2D eigenvalue weighted by Gasteiger charge is -2.22. The number of aromatic nitrogens is 1. The van der Waals surface area contributed by atoms with E-state index in [1.54, 1.807) is 18.0 Å². The van der Waals surface area contributed by atoms with Crippen molar-refractivity contribution in [3.05, 3.63) is 29.6 Å². The number of hydrogen-bond acceptors (Lipinski definition) is 4. The van der Waals surface area contributed by atoms with E-state index in [0.29, 0.717) is 6.54 Å². The number of nitrogens with zero attached hydrogens (tertiary/aromatic N) is 1. The van der Waals surface area contributed by atoms with E-state index in [4.69, 9.17) is 0 Å². The lowest BCUT2D eigenvalue weighted by molar-refractivity contribution is 0.0845. The molecule has 16 heavy (non-hydrogen) atoms. The summed E-state index contributed by atoms with van der Waals surface area (Å²) in [5.41, 5.74) is 1.77. The van der Waals surface area contributed by atoms with Gasteiger partial charge >= 0.3 is 0 Å². The first-order valence-corrected chi connectivity index (χ1v) is 6.76. The Morgan fingerprint density at radius 1 is 1.56 bits per heavy atom. The number of aryl methyl sites for hydroxylation is 1. The zero-order valence-electron chi connectivity index (χ0n) is 10.2. The van der Waals surface area contributed by atoms with Gasteiger partial charge in [0.2, 0.25) is 0 Å². The van der Waals surface area contributed by atoms with E-state index in [1.807, 2.05) is 25.4 Å². The van der Waals surface area contributed by atoms with E-state index >= 15 is 0 Å². The highest BCUT2D eigenvalue weighted by molar-refractivity contribution is 7.98. The smallest absolute Gasteiger partial charge is 0.0833 e. The maximum atomic E-state index is 9.96. The Bertz CT molecular complexity index is 329. The second-order valence-electron chi connectivity index (χ2n) is 4.34. The molecule has 1 atom stereocenters. The van der Waals surface area contributed by atoms with Gasteiger partial charge in [0.1, 0.15) is 0 Å². The van der Waals surface area contributed by atoms with Crippen molar-refractivity contribution >= 4 is 11.8 Å². The number of rotatable bonds is 6. The van der Waals surface area contributed by atoms with Crippen LogP contribution in [0.25, 0.3) is 0 Å². The minimum atomic E-state index is -0.643. The fourth-order valence-electron chi connectivity index (χ4n) is 1.51. The average Bonchev–Trinajstić information content (AvgIpc) is 2.20. The van der Waals surface area contributed by atoms with Crippen LogP contribution in [-0.4, -0.2) is 34.2 Å². The minimum Gasteiger partial charge on any atom is -0.388 e. The SMILES string of the molecule is CSCC(C)(O)CNCc1cnccc1C. The maximum Gasteiger partial charge on any atom is 0.0833 e. The van der Waals surface area contributed by atoms with Crippen LogP contribution in [-0.2, 0) is 6.54 Å². The quantitative estimate of drug-likeness (QED) is 0.792. The van der Waals surface area contributed by atoms with E-state index in [9.17, 15) is 5.11 Å². The van der Waals surface area contributed by atoms with Gasteiger partial charge in [0.15, 0.2) is 0 Å². The Morgan fingerprint density at radius 3 is 2.94 bits per heavy atom. The Kier molecular flexibility index (Phi) is 5.25. The van der Waals surface area contributed by atoms with E-state index in [-0.39, 0.29) is 0 Å². The number of thioether (sulfide) groups is 1. The Labute approximate surface area is 102 Å². The summed E-state index contributed by atoms with van der Waals surface area (Å²) in [6.45, 7) is 5.28. The fourth-order valence-corrected chi connectivity index (χ4v) is 2.23. The molecule has 0 spiro atoms. The summed E-state index contributed by atoms with van der Waals surface area (Å²) < 4.78 is 0. The normalized spacial score (nSPS) is 14.8. The molecule has 0 bridgehead atoms. The molecule has 0 amide bonds. The zero-order valence-corrected chi connectivity index (χ0v) is 11.0. The highest BCUT2D eigenvalue weighted by Gasteiger charge is 2.18. The second-order valence-corrected chi connectivity index (χ2v) is 5.20. The lowest BCUT2D eigenvalue weighted by Crippen LogP contribution is -2.39. The number of hydrogen-bond donors (Lipinski definition) is 2. The molecule has 0 saturated carbocycles. The number of aliphatic hydroxyl groups is 1. The topological polar surface area (TPSA) is 45.1 Å². The first-order valence-electron chi connectivity index (χ1n) is 5.37. The molecule has 4 heteroatoms. The molecule has 90 valence electrons. The predicted molar refractivity (Wildman–Crippen MR) is 69.7 cm³/mol. The van der Waals surface area contributed by atoms with Crippen molar-refractivity contribution in [3.63, 3.8) is 0 Å². The molecule has 1 unspecified atom stereocenters. The summed E-state index contributed by atoms with van der Waals surface area (Å²) in [5, 5.41) is 13.2. The standard InChI is InChI=1S/C12H20N2OS/c1-10-4-5-13-6-11(10)7-14-8-12(2,15)9-16-3/h4-6,14-15H,7-9H2,1-3H3. The van der Waals surface area contributed by atoms with Crippen molar-refractivity contribution in [2.75, 3.05) is 18.6 Å². The summed E-state index contributed by atoms with van der Waals surface area (Å²) in [4.78, 5) is 4.09. The third kappa shape index (κ3) is 4.51. The molecule has 0 saturated heterocycles. The Balaban J connectivity index is 2.39. The number of nitrogens with one attached hydrogen (secondary N) is 1. The van der Waals surface area contributed by atoms with Crippen LogP contribution < -0.4 is 5.32 Å². The average molecular weight is 240 g/mol. The molecule has 1 heterocycles. The van der Waals surface area contributed by atoms with Gasteiger partial charge in [-0.25, -0.2) is 0 Å². The maximum absolute atomic E-state index is 9.96. The highest BCUT2D eigenvalue weighted by atomic mass is 32.2. The van der Waals surface area contributed by atoms with E-state index < -0.39 is 5.60 Å². The molecule has 0 radical (unpaired) electrons. The summed E-state index contributed by atoms with van der Waals surface area (Å²) in [5.74, 6) is 0.742. The first kappa shape index (κ1) is 13.5. The van der Waals surface area contributed by atoms with Gasteiger partial charge in [0.25, 0.3) is 0 Å². The molecule has 1 aromatic heterocycles. The van der Waals surface area contributed by atoms with Gasteiger partial charge in [-0.3, -0.25) is 4.98 Å². The van der Waals surface area contributed by atoms with Crippen molar-refractivity contribution < 1.29 is 5.11 Å². The van der Waals surface area contributed by atoms with E-state index in [0.717, 1.165) is 12.3 Å². The summed E-state index contributed by atoms with van der Waals surface area (Å²) >= 11 is 1.66. The van der Waals surface area contributed by atoms with Crippen LogP contribution in [0.15, 0.2) is 18.5 Å². The molecule has 1 rings (SSSR count). The molecular weight excluding hydrogens is 220 g/mol. The van der Waals surface area contributed by atoms with Gasteiger partial charge in [-0.05, 0) is 37.3 Å². The van der Waals surface area contributed by atoms with E-state index in [1.165, 1.54) is 11.1 Å². The largest absolute Gasteiger partial charge is 0.388 e. The van der Waals surface area contributed by atoms with Crippen LogP contribution >= 0.6 is 11.8 Å². The molecule has 2 N–H and O–H groups in total. The Hall–Kier alpha value is -0.580. The van der Waals surface area contributed by atoms with E-state index in [2.05, 4.69) is 17.2 Å². The Morgan fingerprint density at radius 2 is 2.31 bits per heavy atom. The van der Waals surface area contributed by atoms with Crippen LogP contribution in [0.2, 0.25) is 0 Å². The van der Waals surface area contributed by atoms with Crippen molar-refractivity contribution in [1.29, 1.82) is 0 Å². The van der Waals surface area contributed by atoms with Gasteiger partial charge < -0.3 is 10.4 Å². The van der Waals surface area contributed by atoms with Gasteiger partial charge in [-0.1, -0.05) is 0 Å². The highest BCUT2D eigenvalue weighted by Crippen LogP contribution is 2.10. The van der Waals surface area contributed by atoms with Gasteiger partial charge in [0.05, 0.1) is 5.60 Å². The van der Waals surface area contributed by atoms with Gasteiger partial charge in [-0.2, -0.15) is 11.8 Å². The third-order valence-corrected chi connectivity index (χ3v) is 3.33. The van der Waals surface area contributed by atoms with Crippen molar-refractivity contribution in [2.45, 2.75) is 26.0 Å². The van der Waals surface area contributed by atoms with Gasteiger partial charge in [0, 0.05) is 31.2 Å². The van der Waals surface area contributed by atoms with Crippen LogP contribution in [0.4, 0.5) is 0 Å². The zero-order chi connectivity index (χ0) is 12.0. The molecule has 0 aliphatic heterocycles. The summed E-state index contributed by atoms with van der Waals surface area (Å²) in [7, 11) is 0. The second kappa shape index (κ2) is 6.23. The molecule has 0 aliphatic carbocycles. The molecule has 3 nitrogen and oxygen atoms in total. The van der Waals surface area contributed by atoms with Crippen molar-refractivity contribution in [3.8, 4) is 0 Å². The van der Waals surface area contributed by atoms with Crippen LogP contribution in [0, 0.1) is 6.92 Å². The first-order chi connectivity index (χ1) is 7.55. The molecular formula is C12H20N2OS. The van der Waals surface area contributed by atoms with Crippen LogP contribution in [0.3, 0.4) is 0 Å². The molecule has 1 aromatic rings. The summed E-state index contributed by atoms with van der Waals surface area (Å²) in [6.07, 6.45) is 5.66. The monoisotopic (exact) mass is 240 g/mol. The summed E-state index contributed by atoms with van der Waals surface area (Å²) in [6, 6.07) is 2.00. The van der Waals surface area contributed by atoms with Gasteiger partial charge in [-0.15, -0.1) is 0 Å². The predicted octanol–water partition coefficient (Wildman–Crippen LogP) is 1.59. The van der Waals surface area contributed by atoms with Crippen LogP contribution in [0.1, 0.15) is 18.1 Å². The molecule has 0 aromatic carbocycles. The molecule has 0 aliphatic rings. The van der Waals surface area contributed by atoms with Crippen molar-refractivity contribution in [1.82, 2.24) is 10.3 Å². The van der Waals surface area contributed by atoms with Crippen molar-refractivity contribution in [2.24, 2.45) is 0 Å². The molecule has 0 fully saturated rings. The minimum absolute atomic E-state index is 0.599. The third-order valence-electron chi connectivity index (χ3n) is 2.42. The van der Waals surface area contributed by atoms with Crippen LogP contribution in [0.5, 0.6) is 0 Å². The number of pyridine rings is 1. The lowest BCUT2D eigenvalue weighted by atomic mass is 10.1.